The maximum Gasteiger partial charge on any atom is 0.122 e. The van der Waals surface area contributed by atoms with Crippen LogP contribution in [0.15, 0.2) is 42.6 Å². The van der Waals surface area contributed by atoms with E-state index in [0.717, 1.165) is 23.4 Å². The Morgan fingerprint density at radius 3 is 2.83 bits per heavy atom. The number of hydrogen-bond acceptors (Lipinski definition) is 3. The van der Waals surface area contributed by atoms with Gasteiger partial charge >= 0.3 is 0 Å². The molecule has 0 fully saturated rings. The normalized spacial score (nSPS) is 10.3. The summed E-state index contributed by atoms with van der Waals surface area (Å²) in [7, 11) is 0. The van der Waals surface area contributed by atoms with E-state index in [1.807, 2.05) is 30.3 Å². The monoisotopic (exact) mass is 242 g/mol. The van der Waals surface area contributed by atoms with E-state index in [2.05, 4.69) is 18.0 Å². The largest absolute Gasteiger partial charge is 0.489 e. The first kappa shape index (κ1) is 12.6. The topological polar surface area (TPSA) is 48.1 Å². The second-order valence-corrected chi connectivity index (χ2v) is 4.11. The molecule has 1 aromatic carbocycles. The van der Waals surface area contributed by atoms with Gasteiger partial charge in [0.25, 0.3) is 0 Å². The fourth-order valence-electron chi connectivity index (χ4n) is 1.83. The summed E-state index contributed by atoms with van der Waals surface area (Å²) in [6.07, 6.45) is 2.74. The smallest absolute Gasteiger partial charge is 0.122 e. The van der Waals surface area contributed by atoms with Crippen LogP contribution in [0.3, 0.4) is 0 Å². The fourth-order valence-corrected chi connectivity index (χ4v) is 1.83. The Kier molecular flexibility index (Phi) is 4.31. The summed E-state index contributed by atoms with van der Waals surface area (Å²) in [5.74, 6) is 0.950. The zero-order chi connectivity index (χ0) is 12.8. The van der Waals surface area contributed by atoms with Gasteiger partial charge in [-0.25, -0.2) is 0 Å². The molecule has 1 aromatic heterocycles. The highest BCUT2D eigenvalue weighted by Gasteiger charge is 2.02. The Morgan fingerprint density at radius 2 is 2.06 bits per heavy atom. The zero-order valence-corrected chi connectivity index (χ0v) is 10.6. The summed E-state index contributed by atoms with van der Waals surface area (Å²) in [4.78, 5) is 4.17. The summed E-state index contributed by atoms with van der Waals surface area (Å²) in [6, 6.07) is 12.1. The zero-order valence-electron chi connectivity index (χ0n) is 10.6. The van der Waals surface area contributed by atoms with Gasteiger partial charge in [-0.2, -0.15) is 0 Å². The van der Waals surface area contributed by atoms with E-state index in [4.69, 9.17) is 10.5 Å². The van der Waals surface area contributed by atoms with E-state index in [9.17, 15) is 0 Å². The summed E-state index contributed by atoms with van der Waals surface area (Å²) in [5, 5.41) is 0. The quantitative estimate of drug-likeness (QED) is 0.877. The minimum Gasteiger partial charge on any atom is -0.489 e. The lowest BCUT2D eigenvalue weighted by Crippen LogP contribution is -2.03. The fraction of sp³-hybridized carbons (Fsp3) is 0.267. The second kappa shape index (κ2) is 6.17. The van der Waals surface area contributed by atoms with Crippen molar-refractivity contribution in [3.63, 3.8) is 0 Å². The number of aryl methyl sites for hydroxylation is 1. The number of pyridine rings is 1. The predicted molar refractivity (Wildman–Crippen MR) is 72.3 cm³/mol. The summed E-state index contributed by atoms with van der Waals surface area (Å²) < 4.78 is 5.84. The molecule has 3 nitrogen and oxygen atoms in total. The van der Waals surface area contributed by atoms with E-state index >= 15 is 0 Å². The number of para-hydroxylation sites is 1. The van der Waals surface area contributed by atoms with Crippen LogP contribution in [0.5, 0.6) is 5.75 Å². The Morgan fingerprint density at radius 1 is 1.22 bits per heavy atom. The molecular formula is C15H18N2O. The summed E-state index contributed by atoms with van der Waals surface area (Å²) in [6.45, 7) is 3.13. The lowest BCUT2D eigenvalue weighted by atomic mass is 10.1. The maximum atomic E-state index is 5.84. The van der Waals surface area contributed by atoms with E-state index < -0.39 is 0 Å². The van der Waals surface area contributed by atoms with Gasteiger partial charge in [0.2, 0.25) is 0 Å². The Labute approximate surface area is 108 Å². The summed E-state index contributed by atoms with van der Waals surface area (Å²) in [5.41, 5.74) is 8.78. The van der Waals surface area contributed by atoms with Crippen LogP contribution < -0.4 is 10.5 Å². The Bertz CT molecular complexity index is 511. The number of rotatable bonds is 5. The van der Waals surface area contributed by atoms with Crippen LogP contribution in [-0.4, -0.2) is 4.98 Å². The van der Waals surface area contributed by atoms with Gasteiger partial charge in [-0.15, -0.1) is 0 Å². The van der Waals surface area contributed by atoms with Crippen molar-refractivity contribution in [1.29, 1.82) is 0 Å². The molecule has 0 saturated heterocycles. The van der Waals surface area contributed by atoms with Crippen molar-refractivity contribution < 1.29 is 4.74 Å². The molecule has 1 heterocycles. The van der Waals surface area contributed by atoms with Crippen molar-refractivity contribution in [2.24, 2.45) is 5.73 Å². The Balaban J connectivity index is 2.06. The van der Waals surface area contributed by atoms with Crippen molar-refractivity contribution >= 4 is 0 Å². The minimum absolute atomic E-state index is 0.458. The van der Waals surface area contributed by atoms with E-state index in [0.29, 0.717) is 13.2 Å². The van der Waals surface area contributed by atoms with Gasteiger partial charge in [0, 0.05) is 12.7 Å². The van der Waals surface area contributed by atoms with Crippen LogP contribution in [0.4, 0.5) is 0 Å². The molecule has 0 atom stereocenters. The van der Waals surface area contributed by atoms with Crippen molar-refractivity contribution in [2.75, 3.05) is 0 Å². The molecular weight excluding hydrogens is 224 g/mol. The van der Waals surface area contributed by atoms with Gasteiger partial charge < -0.3 is 10.5 Å². The van der Waals surface area contributed by atoms with Crippen LogP contribution in [0.25, 0.3) is 0 Å². The molecule has 0 saturated carbocycles. The van der Waals surface area contributed by atoms with Crippen LogP contribution >= 0.6 is 0 Å². The van der Waals surface area contributed by atoms with Crippen molar-refractivity contribution in [1.82, 2.24) is 4.98 Å². The molecule has 0 amide bonds. The SMILES string of the molecule is CCc1ccccc1OCc1ccnc(CN)c1. The number of nitrogens with zero attached hydrogens (tertiary/aromatic N) is 1. The average molecular weight is 242 g/mol. The number of aromatic nitrogens is 1. The van der Waals surface area contributed by atoms with Crippen molar-refractivity contribution in [2.45, 2.75) is 26.5 Å². The van der Waals surface area contributed by atoms with Gasteiger partial charge in [0.1, 0.15) is 12.4 Å². The van der Waals surface area contributed by atoms with Gasteiger partial charge in [0.05, 0.1) is 5.69 Å². The lowest BCUT2D eigenvalue weighted by Gasteiger charge is -2.10. The number of benzene rings is 1. The molecule has 2 aromatic rings. The molecule has 3 heteroatoms. The molecule has 0 unspecified atom stereocenters. The lowest BCUT2D eigenvalue weighted by molar-refractivity contribution is 0.303. The van der Waals surface area contributed by atoms with Crippen LogP contribution in [-0.2, 0) is 19.6 Å². The van der Waals surface area contributed by atoms with Crippen molar-refractivity contribution in [3.05, 3.63) is 59.4 Å². The molecule has 0 aliphatic carbocycles. The van der Waals surface area contributed by atoms with Crippen LogP contribution in [0.2, 0.25) is 0 Å². The number of ether oxygens (including phenoxy) is 1. The third-order valence-electron chi connectivity index (χ3n) is 2.84. The molecule has 94 valence electrons. The molecule has 0 bridgehead atoms. The highest BCUT2D eigenvalue weighted by atomic mass is 16.5. The van der Waals surface area contributed by atoms with Crippen LogP contribution in [0.1, 0.15) is 23.7 Å². The van der Waals surface area contributed by atoms with Crippen molar-refractivity contribution in [3.8, 4) is 5.75 Å². The molecule has 18 heavy (non-hydrogen) atoms. The summed E-state index contributed by atoms with van der Waals surface area (Å²) >= 11 is 0. The maximum absolute atomic E-state index is 5.84. The van der Waals surface area contributed by atoms with Crippen LogP contribution in [0, 0.1) is 0 Å². The highest BCUT2D eigenvalue weighted by Crippen LogP contribution is 2.19. The second-order valence-electron chi connectivity index (χ2n) is 4.11. The molecule has 0 aliphatic rings. The standard InChI is InChI=1S/C15H18N2O/c1-2-13-5-3-4-6-15(13)18-11-12-7-8-17-14(9-12)10-16/h3-9H,2,10-11,16H2,1H3. The minimum atomic E-state index is 0.458. The molecule has 0 aliphatic heterocycles. The van der Waals surface area contributed by atoms with Gasteiger partial charge in [0.15, 0.2) is 0 Å². The predicted octanol–water partition coefficient (Wildman–Crippen LogP) is 2.68. The molecule has 2 rings (SSSR count). The third-order valence-corrected chi connectivity index (χ3v) is 2.84. The first-order chi connectivity index (χ1) is 8.83. The Hall–Kier alpha value is -1.87. The molecule has 0 spiro atoms. The van der Waals surface area contributed by atoms with E-state index in [1.54, 1.807) is 6.20 Å². The first-order valence-electron chi connectivity index (χ1n) is 6.18. The van der Waals surface area contributed by atoms with Gasteiger partial charge in [-0.1, -0.05) is 25.1 Å². The highest BCUT2D eigenvalue weighted by molar-refractivity contribution is 5.33. The van der Waals surface area contributed by atoms with E-state index in [-0.39, 0.29) is 0 Å². The average Bonchev–Trinajstić information content (AvgIpc) is 2.45. The number of hydrogen-bond donors (Lipinski definition) is 1. The molecule has 0 radical (unpaired) electrons. The third kappa shape index (κ3) is 3.08. The van der Waals surface area contributed by atoms with E-state index in [1.165, 1.54) is 5.56 Å². The first-order valence-corrected chi connectivity index (χ1v) is 6.18. The van der Waals surface area contributed by atoms with Gasteiger partial charge in [-0.05, 0) is 35.7 Å². The van der Waals surface area contributed by atoms with Gasteiger partial charge in [-0.3, -0.25) is 4.98 Å². The number of nitrogens with two attached hydrogens (primary N) is 1. The molecule has 2 N–H and O–H groups in total.